The van der Waals surface area contributed by atoms with Gasteiger partial charge >= 0.3 is 0 Å². The molecule has 0 saturated carbocycles. The molecule has 2 aromatic rings. The molecule has 32 heavy (non-hydrogen) atoms. The molecule has 4 rings (SSSR count). The number of carbonyl (C=O) groups excluding carboxylic acids is 2. The Labute approximate surface area is 184 Å². The Hall–Kier alpha value is -3.10. The normalized spacial score (nSPS) is 21.3. The van der Waals surface area contributed by atoms with Crippen LogP contribution in [0.15, 0.2) is 54.1 Å². The highest BCUT2D eigenvalue weighted by Gasteiger charge is 2.46. The molecule has 8 heteroatoms. The molecule has 168 valence electrons. The molecule has 1 amide bonds. The zero-order chi connectivity index (χ0) is 22.7. The maximum atomic E-state index is 14.7. The first-order chi connectivity index (χ1) is 15.5. The number of amides is 1. The second-order valence-electron chi connectivity index (χ2n) is 7.83. The van der Waals surface area contributed by atoms with E-state index in [1.54, 1.807) is 6.07 Å². The molecule has 0 radical (unpaired) electrons. The molecule has 6 nitrogen and oxygen atoms in total. The minimum Gasteiger partial charge on any atom is -0.507 e. The molecule has 0 spiro atoms. The van der Waals surface area contributed by atoms with Crippen LogP contribution in [0.25, 0.3) is 5.76 Å². The average Bonchev–Trinajstić information content (AvgIpc) is 3.05. The number of morpholine rings is 1. The van der Waals surface area contributed by atoms with Crippen LogP contribution in [0.2, 0.25) is 0 Å². The summed E-state index contributed by atoms with van der Waals surface area (Å²) in [5, 5.41) is 10.9. The number of carbonyl (C=O) groups is 2. The van der Waals surface area contributed by atoms with Gasteiger partial charge in [-0.1, -0.05) is 18.2 Å². The molecular formula is C24H24F2N2O4. The molecule has 1 N–H and O–H groups in total. The van der Waals surface area contributed by atoms with Gasteiger partial charge in [-0.25, -0.2) is 8.78 Å². The Kier molecular flexibility index (Phi) is 6.62. The van der Waals surface area contributed by atoms with Gasteiger partial charge in [-0.05, 0) is 36.8 Å². The zero-order valence-corrected chi connectivity index (χ0v) is 17.5. The van der Waals surface area contributed by atoms with Crippen molar-refractivity contribution in [3.8, 4) is 0 Å². The average molecular weight is 442 g/mol. The third-order valence-corrected chi connectivity index (χ3v) is 5.83. The highest BCUT2D eigenvalue weighted by atomic mass is 19.1. The summed E-state index contributed by atoms with van der Waals surface area (Å²) in [5.74, 6) is -3.21. The van der Waals surface area contributed by atoms with Crippen molar-refractivity contribution in [3.05, 3.63) is 76.9 Å². The fourth-order valence-electron chi connectivity index (χ4n) is 4.18. The second-order valence-corrected chi connectivity index (χ2v) is 7.83. The monoisotopic (exact) mass is 442 g/mol. The van der Waals surface area contributed by atoms with E-state index < -0.39 is 35.1 Å². The molecule has 1 atom stereocenters. The van der Waals surface area contributed by atoms with Crippen LogP contribution in [0.1, 0.15) is 23.6 Å². The van der Waals surface area contributed by atoms with Crippen molar-refractivity contribution in [2.45, 2.75) is 12.5 Å². The molecule has 2 aliphatic rings. The number of hydrogen-bond acceptors (Lipinski definition) is 5. The fraction of sp³-hybridized carbons (Fsp3) is 0.333. The van der Waals surface area contributed by atoms with Crippen molar-refractivity contribution < 1.29 is 28.2 Å². The minimum absolute atomic E-state index is 0.127. The summed E-state index contributed by atoms with van der Waals surface area (Å²) >= 11 is 0. The standard InChI is InChI=1S/C24H24F2N2O4/c25-17-8-6-16(7-9-17)22(29)20-21(18-4-1-2-5-19(18)26)28(24(31)23(20)30)11-3-10-27-12-14-32-15-13-27/h1-2,4-9,21,29H,3,10-15H2/t21-/m1/s1. The van der Waals surface area contributed by atoms with Crippen LogP contribution in [-0.4, -0.2) is 66.0 Å². The van der Waals surface area contributed by atoms with Gasteiger partial charge in [-0.2, -0.15) is 0 Å². The van der Waals surface area contributed by atoms with Crippen molar-refractivity contribution in [1.82, 2.24) is 9.80 Å². The van der Waals surface area contributed by atoms with E-state index in [0.29, 0.717) is 26.2 Å². The Morgan fingerprint density at radius 3 is 2.38 bits per heavy atom. The number of hydrogen-bond donors (Lipinski definition) is 1. The van der Waals surface area contributed by atoms with E-state index >= 15 is 0 Å². The summed E-state index contributed by atoms with van der Waals surface area (Å²) in [5.41, 5.74) is 0.110. The Balaban J connectivity index is 1.68. The molecule has 0 unspecified atom stereocenters. The lowest BCUT2D eigenvalue weighted by Gasteiger charge is -2.29. The van der Waals surface area contributed by atoms with E-state index in [1.165, 1.54) is 35.2 Å². The smallest absolute Gasteiger partial charge is 0.295 e. The van der Waals surface area contributed by atoms with Crippen molar-refractivity contribution in [2.75, 3.05) is 39.4 Å². The van der Waals surface area contributed by atoms with Crippen molar-refractivity contribution >= 4 is 17.4 Å². The first-order valence-corrected chi connectivity index (χ1v) is 10.6. The topological polar surface area (TPSA) is 70.1 Å². The number of benzene rings is 2. The van der Waals surface area contributed by atoms with Crippen LogP contribution in [-0.2, 0) is 14.3 Å². The van der Waals surface area contributed by atoms with Gasteiger partial charge in [0.2, 0.25) is 0 Å². The summed E-state index contributed by atoms with van der Waals surface area (Å²) in [6.07, 6.45) is 0.578. The summed E-state index contributed by atoms with van der Waals surface area (Å²) in [6.45, 7) is 3.81. The van der Waals surface area contributed by atoms with Gasteiger partial charge < -0.3 is 14.7 Å². The maximum Gasteiger partial charge on any atom is 0.295 e. The van der Waals surface area contributed by atoms with Gasteiger partial charge in [0.05, 0.1) is 24.8 Å². The zero-order valence-electron chi connectivity index (χ0n) is 17.5. The van der Waals surface area contributed by atoms with Crippen molar-refractivity contribution in [3.63, 3.8) is 0 Å². The van der Waals surface area contributed by atoms with Crippen LogP contribution in [0.5, 0.6) is 0 Å². The van der Waals surface area contributed by atoms with Gasteiger partial charge in [0.1, 0.15) is 17.4 Å². The van der Waals surface area contributed by atoms with E-state index in [1.807, 2.05) is 0 Å². The largest absolute Gasteiger partial charge is 0.507 e. The summed E-state index contributed by atoms with van der Waals surface area (Å²) < 4.78 is 33.4. The molecular weight excluding hydrogens is 418 g/mol. The van der Waals surface area contributed by atoms with E-state index in [9.17, 15) is 23.5 Å². The predicted octanol–water partition coefficient (Wildman–Crippen LogP) is 3.11. The first-order valence-electron chi connectivity index (χ1n) is 10.6. The third-order valence-electron chi connectivity index (χ3n) is 5.83. The van der Waals surface area contributed by atoms with E-state index in [4.69, 9.17) is 4.74 Å². The minimum atomic E-state index is -1.06. The van der Waals surface area contributed by atoms with E-state index in [-0.39, 0.29) is 23.2 Å². The van der Waals surface area contributed by atoms with Crippen LogP contribution in [0.3, 0.4) is 0 Å². The molecule has 2 heterocycles. The molecule has 2 saturated heterocycles. The van der Waals surface area contributed by atoms with Crippen LogP contribution in [0, 0.1) is 11.6 Å². The third kappa shape index (κ3) is 4.42. The van der Waals surface area contributed by atoms with Crippen molar-refractivity contribution in [1.29, 1.82) is 0 Å². The number of Topliss-reactive ketones (excluding diaryl/α,β-unsaturated/α-hetero) is 1. The molecule has 2 fully saturated rings. The Morgan fingerprint density at radius 2 is 1.69 bits per heavy atom. The molecule has 0 aliphatic carbocycles. The number of likely N-dealkylation sites (tertiary alicyclic amines) is 1. The molecule has 2 aromatic carbocycles. The number of aliphatic hydroxyl groups is 1. The SMILES string of the molecule is O=C1C(=O)N(CCCN2CCOCC2)[C@H](c2ccccc2F)C1=C(O)c1ccc(F)cc1. The van der Waals surface area contributed by atoms with Crippen LogP contribution < -0.4 is 0 Å². The Morgan fingerprint density at radius 1 is 1.00 bits per heavy atom. The number of ketones is 1. The fourth-order valence-corrected chi connectivity index (χ4v) is 4.18. The van der Waals surface area contributed by atoms with Crippen LogP contribution in [0.4, 0.5) is 8.78 Å². The molecule has 0 aromatic heterocycles. The summed E-state index contributed by atoms with van der Waals surface area (Å²) in [7, 11) is 0. The lowest BCUT2D eigenvalue weighted by atomic mass is 9.95. The highest BCUT2D eigenvalue weighted by Crippen LogP contribution is 2.40. The number of nitrogens with zero attached hydrogens (tertiary/aromatic N) is 2. The predicted molar refractivity (Wildman–Crippen MR) is 114 cm³/mol. The molecule has 0 bridgehead atoms. The van der Waals surface area contributed by atoms with Gasteiger partial charge in [-0.3, -0.25) is 14.5 Å². The lowest BCUT2D eigenvalue weighted by Crippen LogP contribution is -2.39. The van der Waals surface area contributed by atoms with Crippen molar-refractivity contribution in [2.24, 2.45) is 0 Å². The number of rotatable bonds is 6. The number of aliphatic hydroxyl groups excluding tert-OH is 1. The summed E-state index contributed by atoms with van der Waals surface area (Å²) in [6, 6.07) is 9.74. The summed E-state index contributed by atoms with van der Waals surface area (Å²) in [4.78, 5) is 29.3. The first kappa shape index (κ1) is 22.1. The van der Waals surface area contributed by atoms with E-state index in [0.717, 1.165) is 25.2 Å². The maximum absolute atomic E-state index is 14.7. The highest BCUT2D eigenvalue weighted by molar-refractivity contribution is 6.46. The quantitative estimate of drug-likeness (QED) is 0.423. The number of halogens is 2. The number of ether oxygens (including phenoxy) is 1. The van der Waals surface area contributed by atoms with E-state index in [2.05, 4.69) is 4.90 Å². The van der Waals surface area contributed by atoms with Gasteiger partial charge in [0, 0.05) is 37.3 Å². The molecule has 2 aliphatic heterocycles. The van der Waals surface area contributed by atoms with Gasteiger partial charge in [0.25, 0.3) is 11.7 Å². The second kappa shape index (κ2) is 9.58. The lowest BCUT2D eigenvalue weighted by molar-refractivity contribution is -0.140. The van der Waals surface area contributed by atoms with Gasteiger partial charge in [0.15, 0.2) is 0 Å². The van der Waals surface area contributed by atoms with Gasteiger partial charge in [-0.15, -0.1) is 0 Å². The Bertz CT molecular complexity index is 1030. The van der Waals surface area contributed by atoms with Crippen LogP contribution >= 0.6 is 0 Å².